The van der Waals surface area contributed by atoms with Crippen LogP contribution in [-0.2, 0) is 6.42 Å². The molecular weight excluding hydrogens is 244 g/mol. The molecule has 20 heavy (non-hydrogen) atoms. The molecule has 4 rings (SSSR count). The van der Waals surface area contributed by atoms with E-state index in [4.69, 9.17) is 0 Å². The summed E-state index contributed by atoms with van der Waals surface area (Å²) in [5.41, 5.74) is 5.47. The predicted octanol–water partition coefficient (Wildman–Crippen LogP) is 4.31. The van der Waals surface area contributed by atoms with E-state index in [1.54, 1.807) is 0 Å². The number of aromatic amines is 1. The van der Waals surface area contributed by atoms with Gasteiger partial charge in [0.25, 0.3) is 0 Å². The number of benzene rings is 2. The highest BCUT2D eigenvalue weighted by Crippen LogP contribution is 2.34. The molecule has 2 heterocycles. The molecule has 0 fully saturated rings. The van der Waals surface area contributed by atoms with Crippen molar-refractivity contribution < 1.29 is 0 Å². The summed E-state index contributed by atoms with van der Waals surface area (Å²) >= 11 is 0. The molecule has 0 radical (unpaired) electrons. The molecule has 3 aromatic rings. The number of aryl methyl sites for hydroxylation is 1. The van der Waals surface area contributed by atoms with Gasteiger partial charge in [0.1, 0.15) is 0 Å². The summed E-state index contributed by atoms with van der Waals surface area (Å²) in [6, 6.07) is 17.2. The number of nitrogens with one attached hydrogen (secondary N) is 2. The second-order valence-electron chi connectivity index (χ2n) is 5.56. The normalized spacial score (nSPS) is 17.1. The molecule has 1 aromatic heterocycles. The van der Waals surface area contributed by atoms with Crippen LogP contribution in [0.2, 0.25) is 0 Å². The van der Waals surface area contributed by atoms with Crippen molar-refractivity contribution in [2.24, 2.45) is 0 Å². The number of hydrogen-bond acceptors (Lipinski definition) is 1. The molecule has 0 saturated carbocycles. The third kappa shape index (κ3) is 1.88. The number of para-hydroxylation sites is 2. The molecule has 1 atom stereocenters. The monoisotopic (exact) mass is 262 g/mol. The molecule has 0 bridgehead atoms. The van der Waals surface area contributed by atoms with Gasteiger partial charge in [0.05, 0.1) is 0 Å². The number of rotatable bonds is 3. The van der Waals surface area contributed by atoms with Crippen LogP contribution in [-0.4, -0.2) is 11.5 Å². The van der Waals surface area contributed by atoms with Crippen LogP contribution in [0.3, 0.4) is 0 Å². The fourth-order valence-corrected chi connectivity index (χ4v) is 3.28. The Labute approximate surface area is 118 Å². The second kappa shape index (κ2) is 4.71. The fraction of sp³-hybridized carbons (Fsp3) is 0.222. The van der Waals surface area contributed by atoms with E-state index in [1.165, 1.54) is 34.1 Å². The SMILES string of the molecule is c1ccc2c(c1)NCC2CCc1c[nH]c2ccccc12. The molecule has 2 N–H and O–H groups in total. The van der Waals surface area contributed by atoms with Crippen LogP contribution >= 0.6 is 0 Å². The molecule has 1 aliphatic rings. The van der Waals surface area contributed by atoms with Crippen molar-refractivity contribution in [2.75, 3.05) is 11.9 Å². The van der Waals surface area contributed by atoms with Crippen LogP contribution in [0.1, 0.15) is 23.5 Å². The first-order valence-corrected chi connectivity index (χ1v) is 7.29. The average molecular weight is 262 g/mol. The van der Waals surface area contributed by atoms with Crippen LogP contribution in [0.4, 0.5) is 5.69 Å². The first-order valence-electron chi connectivity index (χ1n) is 7.29. The number of aromatic nitrogens is 1. The largest absolute Gasteiger partial charge is 0.384 e. The third-order valence-electron chi connectivity index (χ3n) is 4.38. The first-order chi connectivity index (χ1) is 9.92. The molecule has 1 unspecified atom stereocenters. The van der Waals surface area contributed by atoms with Crippen LogP contribution < -0.4 is 5.32 Å². The molecular formula is C18H18N2. The van der Waals surface area contributed by atoms with E-state index in [0.29, 0.717) is 5.92 Å². The van der Waals surface area contributed by atoms with Gasteiger partial charge in [-0.15, -0.1) is 0 Å². The summed E-state index contributed by atoms with van der Waals surface area (Å²) in [4.78, 5) is 3.37. The third-order valence-corrected chi connectivity index (χ3v) is 4.38. The van der Waals surface area contributed by atoms with E-state index in [2.05, 4.69) is 65.0 Å². The Bertz CT molecular complexity index is 742. The topological polar surface area (TPSA) is 27.8 Å². The zero-order valence-corrected chi connectivity index (χ0v) is 11.4. The lowest BCUT2D eigenvalue weighted by Gasteiger charge is -2.09. The zero-order valence-electron chi connectivity index (χ0n) is 11.4. The number of anilines is 1. The molecule has 100 valence electrons. The van der Waals surface area contributed by atoms with Crippen LogP contribution in [0.15, 0.2) is 54.7 Å². The second-order valence-corrected chi connectivity index (χ2v) is 5.56. The summed E-state index contributed by atoms with van der Waals surface area (Å²) < 4.78 is 0. The minimum atomic E-state index is 0.639. The van der Waals surface area contributed by atoms with Gasteiger partial charge in [-0.2, -0.15) is 0 Å². The van der Waals surface area contributed by atoms with E-state index in [9.17, 15) is 0 Å². The highest BCUT2D eigenvalue weighted by molar-refractivity contribution is 5.83. The van der Waals surface area contributed by atoms with Crippen molar-refractivity contribution in [1.29, 1.82) is 0 Å². The van der Waals surface area contributed by atoms with Gasteiger partial charge in [-0.05, 0) is 36.1 Å². The highest BCUT2D eigenvalue weighted by atomic mass is 14.9. The molecule has 2 heteroatoms. The van der Waals surface area contributed by atoms with Crippen molar-refractivity contribution in [3.63, 3.8) is 0 Å². The number of H-pyrrole nitrogens is 1. The summed E-state index contributed by atoms with van der Waals surface area (Å²) in [5.74, 6) is 0.639. The van der Waals surface area contributed by atoms with Gasteiger partial charge in [-0.3, -0.25) is 0 Å². The van der Waals surface area contributed by atoms with Gasteiger partial charge in [-0.1, -0.05) is 36.4 Å². The molecule has 2 nitrogen and oxygen atoms in total. The van der Waals surface area contributed by atoms with Crippen LogP contribution in [0, 0.1) is 0 Å². The van der Waals surface area contributed by atoms with Gasteiger partial charge >= 0.3 is 0 Å². The van der Waals surface area contributed by atoms with E-state index in [-0.39, 0.29) is 0 Å². The predicted molar refractivity (Wildman–Crippen MR) is 84.3 cm³/mol. The molecule has 0 amide bonds. The Morgan fingerprint density at radius 1 is 1.00 bits per heavy atom. The zero-order chi connectivity index (χ0) is 13.4. The Balaban J connectivity index is 1.54. The van der Waals surface area contributed by atoms with Crippen molar-refractivity contribution in [2.45, 2.75) is 18.8 Å². The maximum atomic E-state index is 3.51. The average Bonchev–Trinajstić information content (AvgIpc) is 3.09. The van der Waals surface area contributed by atoms with Gasteiger partial charge in [0.2, 0.25) is 0 Å². The van der Waals surface area contributed by atoms with Gasteiger partial charge in [0.15, 0.2) is 0 Å². The summed E-state index contributed by atoms with van der Waals surface area (Å²) in [6.07, 6.45) is 4.50. The lowest BCUT2D eigenvalue weighted by molar-refractivity contribution is 0.677. The fourth-order valence-electron chi connectivity index (χ4n) is 3.28. The van der Waals surface area contributed by atoms with Crippen molar-refractivity contribution in [3.8, 4) is 0 Å². The van der Waals surface area contributed by atoms with Crippen LogP contribution in [0.25, 0.3) is 10.9 Å². The Hall–Kier alpha value is -2.22. The van der Waals surface area contributed by atoms with Crippen molar-refractivity contribution in [3.05, 3.63) is 65.9 Å². The van der Waals surface area contributed by atoms with E-state index in [1.807, 2.05) is 0 Å². The van der Waals surface area contributed by atoms with E-state index in [0.717, 1.165) is 13.0 Å². The Morgan fingerprint density at radius 3 is 2.85 bits per heavy atom. The molecule has 0 saturated heterocycles. The summed E-state index contributed by atoms with van der Waals surface area (Å²) in [5, 5.41) is 4.88. The summed E-state index contributed by atoms with van der Waals surface area (Å²) in [6.45, 7) is 1.07. The quantitative estimate of drug-likeness (QED) is 0.723. The van der Waals surface area contributed by atoms with Crippen LogP contribution in [0.5, 0.6) is 0 Å². The van der Waals surface area contributed by atoms with Gasteiger partial charge < -0.3 is 10.3 Å². The van der Waals surface area contributed by atoms with Gasteiger partial charge in [-0.25, -0.2) is 0 Å². The van der Waals surface area contributed by atoms with Crippen molar-refractivity contribution in [1.82, 2.24) is 4.98 Å². The maximum Gasteiger partial charge on any atom is 0.0456 e. The van der Waals surface area contributed by atoms with Gasteiger partial charge in [0, 0.05) is 35.2 Å². The molecule has 1 aliphatic heterocycles. The Kier molecular flexibility index (Phi) is 2.73. The summed E-state index contributed by atoms with van der Waals surface area (Å²) in [7, 11) is 0. The lowest BCUT2D eigenvalue weighted by atomic mass is 9.94. The first kappa shape index (κ1) is 11.6. The molecule has 0 spiro atoms. The Morgan fingerprint density at radius 2 is 1.85 bits per heavy atom. The molecule has 2 aromatic carbocycles. The van der Waals surface area contributed by atoms with E-state index < -0.39 is 0 Å². The lowest BCUT2D eigenvalue weighted by Crippen LogP contribution is -2.03. The highest BCUT2D eigenvalue weighted by Gasteiger charge is 2.21. The molecule has 0 aliphatic carbocycles. The minimum absolute atomic E-state index is 0.639. The smallest absolute Gasteiger partial charge is 0.0456 e. The maximum absolute atomic E-state index is 3.51. The van der Waals surface area contributed by atoms with Crippen molar-refractivity contribution >= 4 is 16.6 Å². The van der Waals surface area contributed by atoms with E-state index >= 15 is 0 Å². The standard InChI is InChI=1S/C18H18N2/c1-3-7-17-15(5-1)13(11-19-17)9-10-14-12-20-18-8-4-2-6-16(14)18/h1-8,11,14,19-20H,9-10,12H2. The number of hydrogen-bond donors (Lipinski definition) is 2. The minimum Gasteiger partial charge on any atom is -0.384 e. The number of fused-ring (bicyclic) bond motifs is 2.